The highest BCUT2D eigenvalue weighted by Crippen LogP contribution is 2.23. The number of hydrogen-bond donors (Lipinski definition) is 1. The van der Waals surface area contributed by atoms with Crippen molar-refractivity contribution >= 4 is 0 Å². The zero-order valence-electron chi connectivity index (χ0n) is 11.9. The van der Waals surface area contributed by atoms with E-state index in [0.29, 0.717) is 18.2 Å². The third-order valence-electron chi connectivity index (χ3n) is 3.68. The van der Waals surface area contributed by atoms with Crippen LogP contribution in [-0.4, -0.2) is 24.5 Å². The minimum absolute atomic E-state index is 0.154. The van der Waals surface area contributed by atoms with Crippen LogP contribution in [0.15, 0.2) is 18.2 Å². The van der Waals surface area contributed by atoms with E-state index < -0.39 is 0 Å². The van der Waals surface area contributed by atoms with Gasteiger partial charge in [0.15, 0.2) is 0 Å². The second kappa shape index (κ2) is 6.86. The Morgan fingerprint density at radius 1 is 1.39 bits per heavy atom. The van der Waals surface area contributed by atoms with E-state index in [0.717, 1.165) is 18.4 Å². The molecule has 2 nitrogen and oxygen atoms in total. The molecule has 1 aromatic carbocycles. The van der Waals surface area contributed by atoms with Gasteiger partial charge in [-0.05, 0) is 44.5 Å². The van der Waals surface area contributed by atoms with Crippen LogP contribution in [-0.2, 0) is 0 Å². The molecular weight excluding hydrogens is 227 g/mol. The summed E-state index contributed by atoms with van der Waals surface area (Å²) in [5.74, 6) is -0.154. The summed E-state index contributed by atoms with van der Waals surface area (Å²) in [5, 5.41) is 0. The van der Waals surface area contributed by atoms with E-state index in [1.165, 1.54) is 6.07 Å². The normalized spacial score (nSPS) is 14.8. The molecule has 0 saturated carbocycles. The van der Waals surface area contributed by atoms with Crippen LogP contribution in [0.5, 0.6) is 0 Å². The summed E-state index contributed by atoms with van der Waals surface area (Å²) >= 11 is 0. The summed E-state index contributed by atoms with van der Waals surface area (Å²) in [6.07, 6.45) is 2.30. The third kappa shape index (κ3) is 3.53. The van der Waals surface area contributed by atoms with Crippen LogP contribution in [0.3, 0.4) is 0 Å². The molecule has 0 fully saturated rings. The highest BCUT2D eigenvalue weighted by molar-refractivity contribution is 5.27. The van der Waals surface area contributed by atoms with Gasteiger partial charge in [-0.1, -0.05) is 25.5 Å². The number of halogens is 1. The van der Waals surface area contributed by atoms with E-state index in [1.54, 1.807) is 6.92 Å². The largest absolute Gasteiger partial charge is 0.329 e. The molecule has 2 N–H and O–H groups in total. The van der Waals surface area contributed by atoms with Crippen molar-refractivity contribution in [1.29, 1.82) is 0 Å². The molecular formula is C15H25FN2. The van der Waals surface area contributed by atoms with Gasteiger partial charge >= 0.3 is 0 Å². The predicted octanol–water partition coefficient (Wildman–Crippen LogP) is 3.25. The number of aryl methyl sites for hydroxylation is 1. The number of nitrogens with two attached hydrogens (primary N) is 1. The van der Waals surface area contributed by atoms with E-state index in [9.17, 15) is 4.39 Å². The maximum Gasteiger partial charge on any atom is 0.126 e. The highest BCUT2D eigenvalue weighted by Gasteiger charge is 2.20. The Morgan fingerprint density at radius 3 is 2.56 bits per heavy atom. The van der Waals surface area contributed by atoms with Gasteiger partial charge < -0.3 is 5.73 Å². The zero-order chi connectivity index (χ0) is 13.7. The highest BCUT2D eigenvalue weighted by atomic mass is 19.1. The lowest BCUT2D eigenvalue weighted by atomic mass is 10.0. The maximum atomic E-state index is 13.3. The Morgan fingerprint density at radius 2 is 2.06 bits per heavy atom. The average Bonchev–Trinajstić information content (AvgIpc) is 2.34. The van der Waals surface area contributed by atoms with Crippen LogP contribution in [0.2, 0.25) is 0 Å². The van der Waals surface area contributed by atoms with Gasteiger partial charge in [0.2, 0.25) is 0 Å². The minimum Gasteiger partial charge on any atom is -0.329 e. The first kappa shape index (κ1) is 15.1. The lowest BCUT2D eigenvalue weighted by molar-refractivity contribution is 0.179. The van der Waals surface area contributed by atoms with Crippen LogP contribution in [0.1, 0.15) is 43.9 Å². The van der Waals surface area contributed by atoms with Crippen LogP contribution in [0, 0.1) is 12.7 Å². The molecule has 0 spiro atoms. The molecule has 0 heterocycles. The molecule has 102 valence electrons. The average molecular weight is 252 g/mol. The Balaban J connectivity index is 2.91. The summed E-state index contributed by atoms with van der Waals surface area (Å²) in [7, 11) is 2.09. The Hall–Kier alpha value is -0.930. The summed E-state index contributed by atoms with van der Waals surface area (Å²) in [5.41, 5.74) is 7.67. The smallest absolute Gasteiger partial charge is 0.126 e. The van der Waals surface area contributed by atoms with E-state index >= 15 is 0 Å². The Kier molecular flexibility index (Phi) is 5.76. The topological polar surface area (TPSA) is 29.3 Å². The lowest BCUT2D eigenvalue weighted by Gasteiger charge is -2.33. The van der Waals surface area contributed by atoms with Gasteiger partial charge in [0.05, 0.1) is 0 Å². The first-order valence-corrected chi connectivity index (χ1v) is 6.69. The van der Waals surface area contributed by atoms with Gasteiger partial charge in [-0.15, -0.1) is 0 Å². The van der Waals surface area contributed by atoms with Gasteiger partial charge in [-0.3, -0.25) is 4.90 Å². The van der Waals surface area contributed by atoms with Crippen LogP contribution in [0.4, 0.5) is 4.39 Å². The molecule has 0 aliphatic heterocycles. The van der Waals surface area contributed by atoms with Crippen LogP contribution < -0.4 is 5.73 Å². The number of nitrogens with zero attached hydrogens (tertiary/aromatic N) is 1. The number of rotatable bonds is 6. The number of benzene rings is 1. The standard InChI is InChI=1S/C15H25FN2/c1-5-6-12(3)18(4)15(10-17)13-7-8-14(16)11(2)9-13/h7-9,12,15H,5-6,10,17H2,1-4H3. The fourth-order valence-corrected chi connectivity index (χ4v) is 2.34. The predicted molar refractivity (Wildman–Crippen MR) is 75.1 cm³/mol. The van der Waals surface area contributed by atoms with Crippen molar-refractivity contribution in [1.82, 2.24) is 4.90 Å². The van der Waals surface area contributed by atoms with E-state index in [-0.39, 0.29) is 11.9 Å². The van der Waals surface area contributed by atoms with Crippen molar-refractivity contribution in [2.45, 2.75) is 45.7 Å². The summed E-state index contributed by atoms with van der Waals surface area (Å²) < 4.78 is 13.3. The Bertz CT molecular complexity index is 379. The van der Waals surface area contributed by atoms with E-state index in [1.807, 2.05) is 12.1 Å². The second-order valence-corrected chi connectivity index (χ2v) is 5.06. The molecule has 2 unspecified atom stereocenters. The van der Waals surface area contributed by atoms with Gasteiger partial charge in [0.1, 0.15) is 5.82 Å². The summed E-state index contributed by atoms with van der Waals surface area (Å²) in [6, 6.07) is 5.92. The van der Waals surface area contributed by atoms with E-state index in [2.05, 4.69) is 25.8 Å². The van der Waals surface area contributed by atoms with Crippen molar-refractivity contribution in [3.05, 3.63) is 35.1 Å². The van der Waals surface area contributed by atoms with Gasteiger partial charge in [-0.25, -0.2) is 4.39 Å². The molecule has 0 bridgehead atoms. The zero-order valence-corrected chi connectivity index (χ0v) is 11.9. The molecule has 0 aliphatic rings. The molecule has 0 saturated heterocycles. The maximum absolute atomic E-state index is 13.3. The molecule has 1 rings (SSSR count). The molecule has 0 radical (unpaired) electrons. The fourth-order valence-electron chi connectivity index (χ4n) is 2.34. The fraction of sp³-hybridized carbons (Fsp3) is 0.600. The van der Waals surface area contributed by atoms with Gasteiger partial charge in [-0.2, -0.15) is 0 Å². The monoisotopic (exact) mass is 252 g/mol. The van der Waals surface area contributed by atoms with Crippen molar-refractivity contribution in [3.8, 4) is 0 Å². The van der Waals surface area contributed by atoms with Crippen molar-refractivity contribution in [2.24, 2.45) is 5.73 Å². The molecule has 3 heteroatoms. The first-order chi connectivity index (χ1) is 8.51. The summed E-state index contributed by atoms with van der Waals surface area (Å²) in [6.45, 7) is 6.74. The third-order valence-corrected chi connectivity index (χ3v) is 3.68. The van der Waals surface area contributed by atoms with Gasteiger partial charge in [0.25, 0.3) is 0 Å². The number of likely N-dealkylation sites (N-methyl/N-ethyl adjacent to an activating group) is 1. The molecule has 0 aliphatic carbocycles. The van der Waals surface area contributed by atoms with Crippen molar-refractivity contribution in [3.63, 3.8) is 0 Å². The van der Waals surface area contributed by atoms with Gasteiger partial charge in [0, 0.05) is 18.6 Å². The molecule has 18 heavy (non-hydrogen) atoms. The van der Waals surface area contributed by atoms with E-state index in [4.69, 9.17) is 5.73 Å². The van der Waals surface area contributed by atoms with Crippen molar-refractivity contribution in [2.75, 3.05) is 13.6 Å². The molecule has 2 atom stereocenters. The van der Waals surface area contributed by atoms with Crippen molar-refractivity contribution < 1.29 is 4.39 Å². The van der Waals surface area contributed by atoms with Crippen LogP contribution >= 0.6 is 0 Å². The minimum atomic E-state index is -0.154. The summed E-state index contributed by atoms with van der Waals surface area (Å²) in [4.78, 5) is 2.29. The lowest BCUT2D eigenvalue weighted by Crippen LogP contribution is -2.37. The Labute approximate surface area is 110 Å². The quantitative estimate of drug-likeness (QED) is 0.842. The number of hydrogen-bond acceptors (Lipinski definition) is 2. The molecule has 0 aromatic heterocycles. The first-order valence-electron chi connectivity index (χ1n) is 6.69. The molecule has 0 amide bonds. The second-order valence-electron chi connectivity index (χ2n) is 5.06. The molecule has 1 aromatic rings. The SMILES string of the molecule is CCCC(C)N(C)C(CN)c1ccc(F)c(C)c1. The van der Waals surface area contributed by atoms with Crippen LogP contribution in [0.25, 0.3) is 0 Å².